The van der Waals surface area contributed by atoms with Crippen molar-refractivity contribution in [2.24, 2.45) is 0 Å². The molecular weight excluding hydrogens is 532 g/mol. The summed E-state index contributed by atoms with van der Waals surface area (Å²) in [5.41, 5.74) is 13.1. The minimum absolute atomic E-state index is 1.05. The molecule has 2 heterocycles. The summed E-state index contributed by atoms with van der Waals surface area (Å²) in [6, 6.07) is 42.3. The molecule has 0 amide bonds. The molecule has 0 aliphatic heterocycles. The van der Waals surface area contributed by atoms with Crippen LogP contribution < -0.4 is 0 Å². The molecule has 5 aromatic carbocycles. The summed E-state index contributed by atoms with van der Waals surface area (Å²) in [5.74, 6) is 0. The molecule has 2 nitrogen and oxygen atoms in total. The van der Waals surface area contributed by atoms with E-state index < -0.39 is 0 Å². The fraction of sp³-hybridized carbons (Fsp3) is 0.0952. The van der Waals surface area contributed by atoms with Gasteiger partial charge in [0.2, 0.25) is 0 Å². The second-order valence-electron chi connectivity index (χ2n) is 12.0. The van der Waals surface area contributed by atoms with Crippen molar-refractivity contribution in [1.29, 1.82) is 0 Å². The number of nitrogens with zero attached hydrogens (tertiary/aromatic N) is 2. The lowest BCUT2D eigenvalue weighted by atomic mass is 9.90. The Bertz CT molecular complexity index is 2370. The van der Waals surface area contributed by atoms with Crippen molar-refractivity contribution in [2.75, 3.05) is 0 Å². The lowest BCUT2D eigenvalue weighted by Crippen LogP contribution is -2.03. The first-order valence-electron chi connectivity index (χ1n) is 15.7. The van der Waals surface area contributed by atoms with Gasteiger partial charge in [-0.3, -0.25) is 0 Å². The van der Waals surface area contributed by atoms with Crippen LogP contribution in [0.15, 0.2) is 157 Å². The Morgan fingerprint density at radius 3 is 1.66 bits per heavy atom. The van der Waals surface area contributed by atoms with Crippen LogP contribution in [0.3, 0.4) is 0 Å². The highest BCUT2D eigenvalue weighted by Gasteiger charge is 2.18. The maximum Gasteiger partial charge on any atom is 0.0541 e. The largest absolute Gasteiger partial charge is 0.313 e. The van der Waals surface area contributed by atoms with E-state index in [-0.39, 0.29) is 0 Å². The summed E-state index contributed by atoms with van der Waals surface area (Å²) >= 11 is 0. The zero-order valence-electron chi connectivity index (χ0n) is 24.6. The van der Waals surface area contributed by atoms with Crippen molar-refractivity contribution in [1.82, 2.24) is 9.13 Å². The Labute approximate surface area is 257 Å². The van der Waals surface area contributed by atoms with Gasteiger partial charge in [-0.2, -0.15) is 0 Å². The maximum atomic E-state index is 2.49. The first-order chi connectivity index (χ1) is 21.8. The second-order valence-corrected chi connectivity index (χ2v) is 12.0. The van der Waals surface area contributed by atoms with Crippen LogP contribution in [0.5, 0.6) is 0 Å². The van der Waals surface area contributed by atoms with Crippen LogP contribution >= 0.6 is 0 Å². The fourth-order valence-electron chi connectivity index (χ4n) is 7.42. The van der Waals surface area contributed by atoms with Gasteiger partial charge < -0.3 is 9.13 Å². The summed E-state index contributed by atoms with van der Waals surface area (Å²) in [6.07, 6.45) is 15.9. The maximum absolute atomic E-state index is 2.49. The van der Waals surface area contributed by atoms with Crippen LogP contribution in [0.2, 0.25) is 0 Å². The van der Waals surface area contributed by atoms with E-state index in [9.17, 15) is 0 Å². The van der Waals surface area contributed by atoms with Crippen LogP contribution in [0.1, 0.15) is 25.7 Å². The van der Waals surface area contributed by atoms with E-state index in [4.69, 9.17) is 0 Å². The lowest BCUT2D eigenvalue weighted by Gasteiger charge is -2.20. The molecule has 2 aliphatic carbocycles. The van der Waals surface area contributed by atoms with E-state index >= 15 is 0 Å². The highest BCUT2D eigenvalue weighted by Crippen LogP contribution is 2.40. The summed E-state index contributed by atoms with van der Waals surface area (Å²) in [5, 5.41) is 5.17. The quantitative estimate of drug-likeness (QED) is 0.201. The molecule has 2 aromatic heterocycles. The van der Waals surface area contributed by atoms with Gasteiger partial charge in [0, 0.05) is 32.9 Å². The molecule has 0 radical (unpaired) electrons. The number of hydrogen-bond donors (Lipinski definition) is 0. The number of para-hydroxylation sites is 3. The van der Waals surface area contributed by atoms with E-state index in [1.807, 2.05) is 0 Å². The Morgan fingerprint density at radius 2 is 1.02 bits per heavy atom. The molecule has 44 heavy (non-hydrogen) atoms. The molecule has 0 bridgehead atoms. The summed E-state index contributed by atoms with van der Waals surface area (Å²) in [4.78, 5) is 0. The van der Waals surface area contributed by atoms with Gasteiger partial charge in [0.15, 0.2) is 0 Å². The molecule has 2 aliphatic rings. The minimum Gasteiger partial charge on any atom is -0.313 e. The van der Waals surface area contributed by atoms with Gasteiger partial charge >= 0.3 is 0 Å². The summed E-state index contributed by atoms with van der Waals surface area (Å²) < 4.78 is 4.87. The average Bonchev–Trinajstić information content (AvgIpc) is 3.61. The van der Waals surface area contributed by atoms with E-state index in [1.54, 1.807) is 0 Å². The van der Waals surface area contributed by atoms with Crippen molar-refractivity contribution in [3.8, 4) is 16.8 Å². The average molecular weight is 565 g/mol. The van der Waals surface area contributed by atoms with Gasteiger partial charge in [-0.25, -0.2) is 0 Å². The molecule has 9 rings (SSSR count). The SMILES string of the molecule is C1=CCCC(C2=CC=C(n3c4ccccc4c4cc(-c5ccc6c(c5)c5ccccc5n6-c5ccccc5)ccc43)CC2)=C1. The molecule has 0 saturated heterocycles. The van der Waals surface area contributed by atoms with Gasteiger partial charge in [-0.15, -0.1) is 0 Å². The first kappa shape index (κ1) is 25.2. The molecule has 0 N–H and O–H groups in total. The zero-order valence-corrected chi connectivity index (χ0v) is 24.6. The Balaban J connectivity index is 1.18. The van der Waals surface area contributed by atoms with Crippen molar-refractivity contribution >= 4 is 49.3 Å². The Kier molecular flexibility index (Phi) is 5.80. The van der Waals surface area contributed by atoms with Crippen molar-refractivity contribution in [2.45, 2.75) is 25.7 Å². The second kappa shape index (κ2) is 10.1. The molecule has 7 aromatic rings. The third-order valence-corrected chi connectivity index (χ3v) is 9.53. The van der Waals surface area contributed by atoms with Gasteiger partial charge in [0.1, 0.15) is 0 Å². The third-order valence-electron chi connectivity index (χ3n) is 9.53. The molecule has 0 fully saturated rings. The van der Waals surface area contributed by atoms with E-state index in [0.717, 1.165) is 25.7 Å². The highest BCUT2D eigenvalue weighted by molar-refractivity contribution is 6.13. The Morgan fingerprint density at radius 1 is 0.432 bits per heavy atom. The predicted octanol–water partition coefficient (Wildman–Crippen LogP) is 11.4. The third kappa shape index (κ3) is 3.95. The van der Waals surface area contributed by atoms with Crippen LogP contribution in [-0.2, 0) is 0 Å². The molecule has 210 valence electrons. The van der Waals surface area contributed by atoms with Crippen molar-refractivity contribution in [3.63, 3.8) is 0 Å². The minimum atomic E-state index is 1.05. The van der Waals surface area contributed by atoms with Gasteiger partial charge in [0.05, 0.1) is 22.1 Å². The normalized spacial score (nSPS) is 15.2. The summed E-state index contributed by atoms with van der Waals surface area (Å²) in [6.45, 7) is 0. The van der Waals surface area contributed by atoms with Crippen LogP contribution in [0, 0.1) is 0 Å². The van der Waals surface area contributed by atoms with Gasteiger partial charge in [-0.05, 0) is 103 Å². The number of allylic oxidation sites excluding steroid dienone is 8. The first-order valence-corrected chi connectivity index (χ1v) is 15.7. The monoisotopic (exact) mass is 564 g/mol. The predicted molar refractivity (Wildman–Crippen MR) is 187 cm³/mol. The smallest absolute Gasteiger partial charge is 0.0541 e. The zero-order chi connectivity index (χ0) is 29.0. The molecule has 0 saturated carbocycles. The fourth-order valence-corrected chi connectivity index (χ4v) is 7.42. The molecule has 0 unspecified atom stereocenters. The van der Waals surface area contributed by atoms with Gasteiger partial charge in [0.25, 0.3) is 0 Å². The lowest BCUT2D eigenvalue weighted by molar-refractivity contribution is 0.885. The molecular formula is C42H32N2. The molecule has 2 heteroatoms. The van der Waals surface area contributed by atoms with E-state index in [2.05, 4.69) is 155 Å². The highest BCUT2D eigenvalue weighted by atomic mass is 15.0. The van der Waals surface area contributed by atoms with E-state index in [0.29, 0.717) is 0 Å². The number of aromatic nitrogens is 2. The topological polar surface area (TPSA) is 9.86 Å². The van der Waals surface area contributed by atoms with Crippen molar-refractivity contribution < 1.29 is 0 Å². The van der Waals surface area contributed by atoms with Crippen LogP contribution in [0.25, 0.3) is 66.1 Å². The number of rotatable bonds is 4. The molecule has 0 atom stereocenters. The number of hydrogen-bond acceptors (Lipinski definition) is 0. The summed E-state index contributed by atoms with van der Waals surface area (Å²) in [7, 11) is 0. The molecule has 0 spiro atoms. The standard InChI is InChI=1S/C42H32N2/c1-3-11-29(12-4-1)30-19-23-34(24-20-30)44-40-18-10-8-16-36(40)38-28-32(22-26-42(38)44)31-21-25-41-37(27-31)35-15-7-9-17-39(35)43(41)33-13-5-2-6-14-33/h1-3,5-11,13-19,21-23,25-28H,4,12,20,24H2. The van der Waals surface area contributed by atoms with E-state index in [1.165, 1.54) is 77.3 Å². The number of fused-ring (bicyclic) bond motifs is 6. The van der Waals surface area contributed by atoms with Gasteiger partial charge in [-0.1, -0.05) is 91.0 Å². The number of benzene rings is 5. The van der Waals surface area contributed by atoms with Crippen LogP contribution in [0.4, 0.5) is 0 Å². The van der Waals surface area contributed by atoms with Crippen LogP contribution in [-0.4, -0.2) is 9.13 Å². The van der Waals surface area contributed by atoms with Crippen molar-refractivity contribution in [3.05, 3.63) is 157 Å². The Hall–Kier alpha value is -5.34.